The van der Waals surface area contributed by atoms with Crippen LogP contribution in [0.3, 0.4) is 0 Å². The molecule has 5 heteroatoms. The van der Waals surface area contributed by atoms with E-state index in [0.29, 0.717) is 19.4 Å². The van der Waals surface area contributed by atoms with Crippen molar-refractivity contribution in [1.29, 1.82) is 0 Å². The minimum atomic E-state index is -0.695. The van der Waals surface area contributed by atoms with Crippen molar-refractivity contribution in [3.8, 4) is 0 Å². The fraction of sp³-hybridized carbons (Fsp3) is 0.529. The van der Waals surface area contributed by atoms with Crippen molar-refractivity contribution in [2.75, 3.05) is 13.2 Å². The van der Waals surface area contributed by atoms with Crippen LogP contribution in [0.2, 0.25) is 0 Å². The monoisotopic (exact) mass is 307 g/mol. The van der Waals surface area contributed by atoms with Gasteiger partial charge >= 0.3 is 12.1 Å². The summed E-state index contributed by atoms with van der Waals surface area (Å²) in [5.74, 6) is -0.184. The number of hydrogen-bond acceptors (Lipinski definition) is 4. The number of aryl methyl sites for hydroxylation is 1. The molecule has 0 aliphatic carbocycles. The van der Waals surface area contributed by atoms with E-state index >= 15 is 0 Å². The SMILES string of the molecule is CCOC(=O)[C@H](CCc1ccccc1)NC(=O)OCC(C)C. The normalized spacial score (nSPS) is 11.8. The second kappa shape index (κ2) is 9.82. The molecule has 122 valence electrons. The molecule has 22 heavy (non-hydrogen) atoms. The highest BCUT2D eigenvalue weighted by Gasteiger charge is 2.22. The van der Waals surface area contributed by atoms with Gasteiger partial charge in [0, 0.05) is 0 Å². The van der Waals surface area contributed by atoms with Crippen LogP contribution in [-0.2, 0) is 20.7 Å². The number of ether oxygens (including phenoxy) is 2. The van der Waals surface area contributed by atoms with Crippen LogP contribution in [-0.4, -0.2) is 31.3 Å². The number of hydrogen-bond donors (Lipinski definition) is 1. The highest BCUT2D eigenvalue weighted by molar-refractivity contribution is 5.81. The number of esters is 1. The first-order valence-electron chi connectivity index (χ1n) is 7.66. The molecule has 1 atom stereocenters. The van der Waals surface area contributed by atoms with Crippen LogP contribution in [0, 0.1) is 5.92 Å². The lowest BCUT2D eigenvalue weighted by atomic mass is 10.1. The van der Waals surface area contributed by atoms with Gasteiger partial charge in [0.2, 0.25) is 0 Å². The molecule has 1 rings (SSSR count). The average Bonchev–Trinajstić information content (AvgIpc) is 2.50. The summed E-state index contributed by atoms with van der Waals surface area (Å²) in [5.41, 5.74) is 1.11. The maximum absolute atomic E-state index is 11.9. The smallest absolute Gasteiger partial charge is 0.407 e. The molecule has 0 aromatic heterocycles. The molecule has 0 fully saturated rings. The molecule has 0 spiro atoms. The number of nitrogens with one attached hydrogen (secondary N) is 1. The maximum Gasteiger partial charge on any atom is 0.407 e. The van der Waals surface area contributed by atoms with Crippen LogP contribution >= 0.6 is 0 Å². The van der Waals surface area contributed by atoms with Gasteiger partial charge in [-0.1, -0.05) is 44.2 Å². The first-order chi connectivity index (χ1) is 10.5. The van der Waals surface area contributed by atoms with Gasteiger partial charge in [-0.2, -0.15) is 0 Å². The van der Waals surface area contributed by atoms with Gasteiger partial charge in [-0.05, 0) is 31.2 Å². The lowest BCUT2D eigenvalue weighted by molar-refractivity contribution is -0.145. The predicted molar refractivity (Wildman–Crippen MR) is 84.5 cm³/mol. The fourth-order valence-electron chi connectivity index (χ4n) is 1.87. The van der Waals surface area contributed by atoms with Crippen LogP contribution in [0.15, 0.2) is 30.3 Å². The van der Waals surface area contributed by atoms with E-state index in [4.69, 9.17) is 9.47 Å². The van der Waals surface area contributed by atoms with Gasteiger partial charge in [-0.25, -0.2) is 9.59 Å². The minimum absolute atomic E-state index is 0.246. The van der Waals surface area contributed by atoms with Crippen molar-refractivity contribution in [2.24, 2.45) is 5.92 Å². The quantitative estimate of drug-likeness (QED) is 0.750. The predicted octanol–water partition coefficient (Wildman–Crippen LogP) is 2.93. The summed E-state index contributed by atoms with van der Waals surface area (Å²) in [6.45, 7) is 6.24. The summed E-state index contributed by atoms with van der Waals surface area (Å²) in [5, 5.41) is 2.59. The van der Waals surface area contributed by atoms with Gasteiger partial charge < -0.3 is 14.8 Å². The molecule has 1 aromatic rings. The van der Waals surface area contributed by atoms with Crippen LogP contribution in [0.1, 0.15) is 32.8 Å². The van der Waals surface area contributed by atoms with Crippen LogP contribution in [0.25, 0.3) is 0 Å². The van der Waals surface area contributed by atoms with Crippen molar-refractivity contribution >= 4 is 12.1 Å². The molecular formula is C17H25NO4. The highest BCUT2D eigenvalue weighted by Crippen LogP contribution is 2.07. The topological polar surface area (TPSA) is 64.6 Å². The molecule has 0 bridgehead atoms. The number of rotatable bonds is 8. The third-order valence-corrected chi connectivity index (χ3v) is 2.98. The Morgan fingerprint density at radius 2 is 1.82 bits per heavy atom. The standard InChI is InChI=1S/C17H25NO4/c1-4-21-16(19)15(18-17(20)22-12-13(2)3)11-10-14-8-6-5-7-9-14/h5-9,13,15H,4,10-12H2,1-3H3,(H,18,20)/t15-/m0/s1. The van der Waals surface area contributed by atoms with Gasteiger partial charge in [-0.15, -0.1) is 0 Å². The number of carbonyl (C=O) groups excluding carboxylic acids is 2. The number of benzene rings is 1. The van der Waals surface area contributed by atoms with E-state index in [2.05, 4.69) is 5.32 Å². The Morgan fingerprint density at radius 1 is 1.14 bits per heavy atom. The molecular weight excluding hydrogens is 282 g/mol. The third-order valence-electron chi connectivity index (χ3n) is 2.98. The zero-order chi connectivity index (χ0) is 16.4. The Kier molecular flexibility index (Phi) is 8.04. The Labute approximate surface area is 132 Å². The van der Waals surface area contributed by atoms with Gasteiger partial charge in [0.25, 0.3) is 0 Å². The molecule has 0 unspecified atom stereocenters. The van der Waals surface area contributed by atoms with Crippen molar-refractivity contribution < 1.29 is 19.1 Å². The number of amides is 1. The van der Waals surface area contributed by atoms with Gasteiger partial charge in [-0.3, -0.25) is 0 Å². The highest BCUT2D eigenvalue weighted by atomic mass is 16.6. The van der Waals surface area contributed by atoms with E-state index in [1.165, 1.54) is 0 Å². The summed E-state index contributed by atoms with van der Waals surface area (Å²) < 4.78 is 10.1. The number of alkyl carbamates (subject to hydrolysis) is 1. The maximum atomic E-state index is 11.9. The molecule has 5 nitrogen and oxygen atoms in total. The molecule has 0 saturated carbocycles. The summed E-state index contributed by atoms with van der Waals surface area (Å²) in [7, 11) is 0. The lowest BCUT2D eigenvalue weighted by Crippen LogP contribution is -2.42. The Balaban J connectivity index is 2.55. The fourth-order valence-corrected chi connectivity index (χ4v) is 1.87. The molecule has 1 amide bonds. The van der Waals surface area contributed by atoms with Crippen LogP contribution in [0.5, 0.6) is 0 Å². The van der Waals surface area contributed by atoms with Crippen LogP contribution < -0.4 is 5.32 Å². The van der Waals surface area contributed by atoms with Gasteiger partial charge in [0.1, 0.15) is 6.04 Å². The van der Waals surface area contributed by atoms with Crippen LogP contribution in [0.4, 0.5) is 4.79 Å². The zero-order valence-corrected chi connectivity index (χ0v) is 13.5. The summed E-state index contributed by atoms with van der Waals surface area (Å²) >= 11 is 0. The molecule has 1 aromatic carbocycles. The van der Waals surface area contributed by atoms with Gasteiger partial charge in [0.05, 0.1) is 13.2 Å². The second-order valence-corrected chi connectivity index (χ2v) is 5.47. The first-order valence-corrected chi connectivity index (χ1v) is 7.66. The summed E-state index contributed by atoms with van der Waals surface area (Å²) in [6, 6.07) is 9.10. The van der Waals surface area contributed by atoms with E-state index in [-0.39, 0.29) is 12.5 Å². The average molecular weight is 307 g/mol. The Morgan fingerprint density at radius 3 is 2.41 bits per heavy atom. The third kappa shape index (κ3) is 7.11. The first kappa shape index (κ1) is 18.0. The van der Waals surface area contributed by atoms with Crippen molar-refractivity contribution in [3.05, 3.63) is 35.9 Å². The molecule has 0 radical (unpaired) electrons. The van der Waals surface area contributed by atoms with Crippen molar-refractivity contribution in [1.82, 2.24) is 5.32 Å². The largest absolute Gasteiger partial charge is 0.464 e. The van der Waals surface area contributed by atoms with Crippen molar-refractivity contribution in [3.63, 3.8) is 0 Å². The van der Waals surface area contributed by atoms with Gasteiger partial charge in [0.15, 0.2) is 0 Å². The summed E-state index contributed by atoms with van der Waals surface area (Å²) in [6.07, 6.45) is 0.564. The zero-order valence-electron chi connectivity index (χ0n) is 13.5. The summed E-state index contributed by atoms with van der Waals surface area (Å²) in [4.78, 5) is 23.7. The van der Waals surface area contributed by atoms with E-state index in [1.54, 1.807) is 6.92 Å². The van der Waals surface area contributed by atoms with E-state index in [9.17, 15) is 9.59 Å². The van der Waals surface area contributed by atoms with E-state index < -0.39 is 18.1 Å². The van der Waals surface area contributed by atoms with Crippen molar-refractivity contribution in [2.45, 2.75) is 39.7 Å². The Hall–Kier alpha value is -2.04. The van der Waals surface area contributed by atoms with E-state index in [1.807, 2.05) is 44.2 Å². The molecule has 1 N–H and O–H groups in total. The lowest BCUT2D eigenvalue weighted by Gasteiger charge is -2.17. The van der Waals surface area contributed by atoms with E-state index in [0.717, 1.165) is 5.56 Å². The molecule has 0 saturated heterocycles. The second-order valence-electron chi connectivity index (χ2n) is 5.47. The Bertz CT molecular complexity index is 459. The minimum Gasteiger partial charge on any atom is -0.464 e. The molecule has 0 heterocycles. The number of carbonyl (C=O) groups is 2. The molecule has 0 aliphatic rings. The molecule has 0 aliphatic heterocycles.